The van der Waals surface area contributed by atoms with Crippen molar-refractivity contribution >= 4 is 18.3 Å². The maximum Gasteiger partial charge on any atom is 0.320 e. The Hall–Kier alpha value is -2.45. The Morgan fingerprint density at radius 3 is 2.45 bits per heavy atom. The van der Waals surface area contributed by atoms with Crippen LogP contribution >= 0.6 is 0 Å². The van der Waals surface area contributed by atoms with Gasteiger partial charge in [-0.25, -0.2) is 0 Å². The van der Waals surface area contributed by atoms with E-state index in [1.807, 2.05) is 30.3 Å². The average Bonchev–Trinajstić information content (AvgIpc) is 3.26. The van der Waals surface area contributed by atoms with Gasteiger partial charge < -0.3 is 26.2 Å². The van der Waals surface area contributed by atoms with Crippen molar-refractivity contribution in [3.8, 4) is 0 Å². The molecule has 0 aliphatic carbocycles. The van der Waals surface area contributed by atoms with E-state index in [9.17, 15) is 19.5 Å². The molecule has 1 unspecified atom stereocenters. The molecular formula is C21H33N3O5. The van der Waals surface area contributed by atoms with Gasteiger partial charge in [-0.2, -0.15) is 0 Å². The standard InChI is InChI=1S/C16H24N2O3.C5H9NO2/c17-10-4-5-11-18(13-19)12-15(16(20)21)9-8-14-6-2-1-3-7-14;7-5(8)4-2-1-3-6-4/h1-3,6-7,13,15H,4-5,8-12,17H2,(H,20,21);4,6H,1-3H2,(H,7,8)/t;4-/m.0/s1. The van der Waals surface area contributed by atoms with Gasteiger partial charge in [0.2, 0.25) is 6.41 Å². The highest BCUT2D eigenvalue weighted by molar-refractivity contribution is 5.73. The molecule has 1 heterocycles. The normalized spacial score (nSPS) is 16.4. The summed E-state index contributed by atoms with van der Waals surface area (Å²) in [6.07, 6.45) is 5.39. The number of hydrogen-bond donors (Lipinski definition) is 4. The van der Waals surface area contributed by atoms with Gasteiger partial charge in [-0.3, -0.25) is 14.4 Å². The molecule has 1 aliphatic rings. The van der Waals surface area contributed by atoms with E-state index in [-0.39, 0.29) is 12.6 Å². The van der Waals surface area contributed by atoms with Crippen LogP contribution in [-0.4, -0.2) is 65.7 Å². The first-order chi connectivity index (χ1) is 14.0. The monoisotopic (exact) mass is 407 g/mol. The molecule has 2 rings (SSSR count). The van der Waals surface area contributed by atoms with Crippen LogP contribution < -0.4 is 11.1 Å². The quantitative estimate of drug-likeness (QED) is 0.303. The van der Waals surface area contributed by atoms with Gasteiger partial charge in [0.05, 0.1) is 5.92 Å². The summed E-state index contributed by atoms with van der Waals surface area (Å²) in [6, 6.07) is 9.51. The van der Waals surface area contributed by atoms with Gasteiger partial charge in [-0.05, 0) is 57.2 Å². The van der Waals surface area contributed by atoms with Crippen molar-refractivity contribution in [3.63, 3.8) is 0 Å². The topological polar surface area (TPSA) is 133 Å². The second kappa shape index (κ2) is 14.5. The summed E-state index contributed by atoms with van der Waals surface area (Å²) in [5.74, 6) is -2.10. The number of aliphatic carboxylic acids is 2. The van der Waals surface area contributed by atoms with Crippen LogP contribution in [-0.2, 0) is 20.8 Å². The molecule has 0 bridgehead atoms. The highest BCUT2D eigenvalue weighted by Crippen LogP contribution is 2.12. The summed E-state index contributed by atoms with van der Waals surface area (Å²) in [5, 5.41) is 20.5. The Bertz CT molecular complexity index is 606. The highest BCUT2D eigenvalue weighted by atomic mass is 16.4. The minimum absolute atomic E-state index is 0.260. The Balaban J connectivity index is 0.000000436. The highest BCUT2D eigenvalue weighted by Gasteiger charge is 2.21. The van der Waals surface area contributed by atoms with Crippen LogP contribution in [0.5, 0.6) is 0 Å². The number of nitrogens with two attached hydrogens (primary N) is 1. The van der Waals surface area contributed by atoms with E-state index in [0.717, 1.165) is 44.2 Å². The lowest BCUT2D eigenvalue weighted by molar-refractivity contribution is -0.143. The molecule has 1 aliphatic heterocycles. The average molecular weight is 408 g/mol. The number of carbonyl (C=O) groups is 3. The number of nitrogens with one attached hydrogen (secondary N) is 1. The fourth-order valence-electron chi connectivity index (χ4n) is 3.10. The SMILES string of the molecule is NCCCCN(C=O)CC(CCc1ccccc1)C(=O)O.O=C(O)[C@@H]1CCCN1. The molecule has 1 amide bonds. The number of amides is 1. The van der Waals surface area contributed by atoms with Crippen molar-refractivity contribution in [1.29, 1.82) is 0 Å². The van der Waals surface area contributed by atoms with Gasteiger partial charge in [0, 0.05) is 13.1 Å². The van der Waals surface area contributed by atoms with Crippen molar-refractivity contribution < 1.29 is 24.6 Å². The molecule has 0 spiro atoms. The summed E-state index contributed by atoms with van der Waals surface area (Å²) in [7, 11) is 0. The molecule has 8 nitrogen and oxygen atoms in total. The zero-order chi connectivity index (χ0) is 21.5. The fourth-order valence-corrected chi connectivity index (χ4v) is 3.10. The molecule has 1 aromatic carbocycles. The molecule has 0 aromatic heterocycles. The van der Waals surface area contributed by atoms with E-state index in [1.54, 1.807) is 4.90 Å². The number of benzene rings is 1. The van der Waals surface area contributed by atoms with Crippen LogP contribution in [0, 0.1) is 5.92 Å². The van der Waals surface area contributed by atoms with E-state index >= 15 is 0 Å². The van der Waals surface area contributed by atoms with Gasteiger partial charge in [-0.15, -0.1) is 0 Å². The molecular weight excluding hydrogens is 374 g/mol. The number of carbonyl (C=O) groups excluding carboxylic acids is 1. The third kappa shape index (κ3) is 10.6. The van der Waals surface area contributed by atoms with E-state index in [2.05, 4.69) is 5.32 Å². The maximum atomic E-state index is 11.3. The van der Waals surface area contributed by atoms with Gasteiger partial charge in [0.15, 0.2) is 0 Å². The number of hydrogen-bond acceptors (Lipinski definition) is 5. The van der Waals surface area contributed by atoms with E-state index in [0.29, 0.717) is 25.9 Å². The maximum absolute atomic E-state index is 11.3. The Morgan fingerprint density at radius 1 is 1.24 bits per heavy atom. The molecule has 2 atom stereocenters. The van der Waals surface area contributed by atoms with Gasteiger partial charge in [-0.1, -0.05) is 30.3 Å². The zero-order valence-corrected chi connectivity index (χ0v) is 16.8. The first-order valence-electron chi connectivity index (χ1n) is 10.1. The Labute approximate surface area is 172 Å². The van der Waals surface area contributed by atoms with Crippen LogP contribution in [0.1, 0.15) is 37.7 Å². The molecule has 0 saturated carbocycles. The van der Waals surface area contributed by atoms with Crippen molar-refractivity contribution in [1.82, 2.24) is 10.2 Å². The molecule has 5 N–H and O–H groups in total. The first-order valence-corrected chi connectivity index (χ1v) is 10.1. The van der Waals surface area contributed by atoms with Crippen LogP contribution in [0.4, 0.5) is 0 Å². The molecule has 1 fully saturated rings. The number of carboxylic acids is 2. The number of rotatable bonds is 12. The lowest BCUT2D eigenvalue weighted by Crippen LogP contribution is -2.33. The molecule has 1 saturated heterocycles. The van der Waals surface area contributed by atoms with Gasteiger partial charge in [0.1, 0.15) is 6.04 Å². The predicted octanol–water partition coefficient (Wildman–Crippen LogP) is 1.34. The largest absolute Gasteiger partial charge is 0.481 e. The first kappa shape index (κ1) is 24.6. The number of unbranched alkanes of at least 4 members (excludes halogenated alkanes) is 1. The van der Waals surface area contributed by atoms with Gasteiger partial charge >= 0.3 is 11.9 Å². The minimum atomic E-state index is -0.850. The van der Waals surface area contributed by atoms with E-state index in [1.165, 1.54) is 0 Å². The van der Waals surface area contributed by atoms with Crippen molar-refractivity contribution in [2.75, 3.05) is 26.2 Å². The summed E-state index contributed by atoms with van der Waals surface area (Å²) >= 11 is 0. The number of aryl methyl sites for hydroxylation is 1. The van der Waals surface area contributed by atoms with E-state index in [4.69, 9.17) is 10.8 Å². The zero-order valence-electron chi connectivity index (χ0n) is 16.8. The molecule has 0 radical (unpaired) electrons. The molecule has 8 heteroatoms. The minimum Gasteiger partial charge on any atom is -0.481 e. The lowest BCUT2D eigenvalue weighted by atomic mass is 9.99. The van der Waals surface area contributed by atoms with Crippen LogP contribution in [0.2, 0.25) is 0 Å². The van der Waals surface area contributed by atoms with E-state index < -0.39 is 17.9 Å². The second-order valence-corrected chi connectivity index (χ2v) is 7.14. The molecule has 29 heavy (non-hydrogen) atoms. The van der Waals surface area contributed by atoms with Crippen molar-refractivity contribution in [2.24, 2.45) is 11.7 Å². The van der Waals surface area contributed by atoms with Gasteiger partial charge in [0.25, 0.3) is 0 Å². The van der Waals surface area contributed by atoms with Crippen LogP contribution in [0.15, 0.2) is 30.3 Å². The third-order valence-electron chi connectivity index (χ3n) is 4.84. The summed E-state index contributed by atoms with van der Waals surface area (Å²) in [6.45, 7) is 2.27. The Morgan fingerprint density at radius 2 is 1.97 bits per heavy atom. The fraction of sp³-hybridized carbons (Fsp3) is 0.571. The Kier molecular flexibility index (Phi) is 12.3. The predicted molar refractivity (Wildman–Crippen MR) is 110 cm³/mol. The number of nitrogens with zero attached hydrogens (tertiary/aromatic N) is 1. The van der Waals surface area contributed by atoms with Crippen LogP contribution in [0.3, 0.4) is 0 Å². The van der Waals surface area contributed by atoms with Crippen LogP contribution in [0.25, 0.3) is 0 Å². The van der Waals surface area contributed by atoms with Crippen molar-refractivity contribution in [2.45, 2.75) is 44.6 Å². The third-order valence-corrected chi connectivity index (χ3v) is 4.84. The van der Waals surface area contributed by atoms with Crippen molar-refractivity contribution in [3.05, 3.63) is 35.9 Å². The summed E-state index contributed by atoms with van der Waals surface area (Å²) < 4.78 is 0. The summed E-state index contributed by atoms with van der Waals surface area (Å²) in [4.78, 5) is 34.1. The smallest absolute Gasteiger partial charge is 0.320 e. The molecule has 162 valence electrons. The summed E-state index contributed by atoms with van der Waals surface area (Å²) in [5.41, 5.74) is 6.53. The lowest BCUT2D eigenvalue weighted by Gasteiger charge is -2.21. The number of carboxylic acid groups (broad SMARTS) is 2. The molecule has 1 aromatic rings. The second-order valence-electron chi connectivity index (χ2n) is 7.14.